The fourth-order valence-electron chi connectivity index (χ4n) is 1.81. The first-order valence-corrected chi connectivity index (χ1v) is 7.66. The first-order chi connectivity index (χ1) is 8.44. The van der Waals surface area contributed by atoms with Gasteiger partial charge in [0.25, 0.3) is 0 Å². The van der Waals surface area contributed by atoms with Crippen LogP contribution in [0.2, 0.25) is 5.02 Å². The lowest BCUT2D eigenvalue weighted by Gasteiger charge is -2.25. The normalized spacial score (nSPS) is 11.6. The van der Waals surface area contributed by atoms with E-state index in [1.807, 2.05) is 6.07 Å². The van der Waals surface area contributed by atoms with Crippen LogP contribution >= 0.6 is 27.5 Å². The number of hydrogen-bond donors (Lipinski definition) is 1. The van der Waals surface area contributed by atoms with E-state index in [9.17, 15) is 0 Å². The topological polar surface area (TPSA) is 24.9 Å². The van der Waals surface area contributed by atoms with Gasteiger partial charge in [-0.05, 0) is 33.8 Å². The molecule has 0 unspecified atom stereocenters. The minimum absolute atomic E-state index is 0.271. The lowest BCUT2D eigenvalue weighted by atomic mass is 9.87. The van der Waals surface area contributed by atoms with Crippen molar-refractivity contribution in [1.82, 2.24) is 4.98 Å². The number of aromatic nitrogens is 1. The van der Waals surface area contributed by atoms with E-state index in [4.69, 9.17) is 11.6 Å². The average Bonchev–Trinajstić information content (AvgIpc) is 2.28. The SMILES string of the molecule is CCCCCC(C)(C)CNc1ncc(Br)cc1Cl. The molecule has 0 spiro atoms. The van der Waals surface area contributed by atoms with E-state index in [1.54, 1.807) is 6.20 Å². The fourth-order valence-corrected chi connectivity index (χ4v) is 2.51. The van der Waals surface area contributed by atoms with Crippen LogP contribution in [0.3, 0.4) is 0 Å². The predicted octanol–water partition coefficient (Wildman–Crippen LogP) is 5.52. The van der Waals surface area contributed by atoms with Crippen LogP contribution < -0.4 is 5.32 Å². The fraction of sp³-hybridized carbons (Fsp3) is 0.643. The molecule has 0 saturated heterocycles. The van der Waals surface area contributed by atoms with Gasteiger partial charge < -0.3 is 5.32 Å². The monoisotopic (exact) mass is 332 g/mol. The molecule has 1 rings (SSSR count). The summed E-state index contributed by atoms with van der Waals surface area (Å²) < 4.78 is 0.903. The molecule has 0 fully saturated rings. The van der Waals surface area contributed by atoms with E-state index in [0.717, 1.165) is 16.8 Å². The highest BCUT2D eigenvalue weighted by Gasteiger charge is 2.17. The van der Waals surface area contributed by atoms with Crippen LogP contribution in [0.15, 0.2) is 16.7 Å². The van der Waals surface area contributed by atoms with Crippen molar-refractivity contribution in [1.29, 1.82) is 0 Å². The Hall–Kier alpha value is -0.280. The van der Waals surface area contributed by atoms with Gasteiger partial charge in [0.2, 0.25) is 0 Å². The number of pyridine rings is 1. The quantitative estimate of drug-likeness (QED) is 0.665. The number of nitrogens with zero attached hydrogens (tertiary/aromatic N) is 1. The van der Waals surface area contributed by atoms with Gasteiger partial charge in [-0.15, -0.1) is 0 Å². The van der Waals surface area contributed by atoms with E-state index < -0.39 is 0 Å². The molecule has 0 saturated carbocycles. The summed E-state index contributed by atoms with van der Waals surface area (Å²) in [5.74, 6) is 0.767. The molecular formula is C14H22BrClN2. The molecule has 0 aliphatic rings. The van der Waals surface area contributed by atoms with Crippen molar-refractivity contribution in [2.24, 2.45) is 5.41 Å². The standard InChI is InChI=1S/C14H22BrClN2/c1-4-5-6-7-14(2,3)10-18-13-12(16)8-11(15)9-17-13/h8-9H,4-7,10H2,1-3H3,(H,17,18). The number of hydrogen-bond acceptors (Lipinski definition) is 2. The summed E-state index contributed by atoms with van der Waals surface area (Å²) in [7, 11) is 0. The third-order valence-corrected chi connectivity index (χ3v) is 3.72. The zero-order valence-corrected chi connectivity index (χ0v) is 13.7. The van der Waals surface area contributed by atoms with E-state index in [2.05, 4.69) is 47.0 Å². The molecule has 0 aliphatic carbocycles. The van der Waals surface area contributed by atoms with Crippen LogP contribution in [-0.4, -0.2) is 11.5 Å². The minimum Gasteiger partial charge on any atom is -0.368 e. The molecule has 4 heteroatoms. The average molecular weight is 334 g/mol. The number of nitrogens with one attached hydrogen (secondary N) is 1. The zero-order chi connectivity index (χ0) is 13.6. The predicted molar refractivity (Wildman–Crippen MR) is 83.4 cm³/mol. The summed E-state index contributed by atoms with van der Waals surface area (Å²) in [5, 5.41) is 4.00. The molecular weight excluding hydrogens is 312 g/mol. The lowest BCUT2D eigenvalue weighted by Crippen LogP contribution is -2.23. The second-order valence-corrected chi connectivity index (χ2v) is 6.78. The van der Waals surface area contributed by atoms with E-state index >= 15 is 0 Å². The van der Waals surface area contributed by atoms with Crippen molar-refractivity contribution in [3.63, 3.8) is 0 Å². The Kier molecular flexibility index (Phi) is 6.44. The largest absolute Gasteiger partial charge is 0.368 e. The third kappa shape index (κ3) is 5.57. The molecule has 0 aliphatic heterocycles. The Bertz CT molecular complexity index is 380. The molecule has 0 bridgehead atoms. The first-order valence-electron chi connectivity index (χ1n) is 6.49. The van der Waals surface area contributed by atoms with Crippen LogP contribution in [0, 0.1) is 5.41 Å². The van der Waals surface area contributed by atoms with Crippen molar-refractivity contribution in [3.8, 4) is 0 Å². The minimum atomic E-state index is 0.271. The molecule has 2 nitrogen and oxygen atoms in total. The summed E-state index contributed by atoms with van der Waals surface area (Å²) in [6.07, 6.45) is 6.84. The van der Waals surface area contributed by atoms with Gasteiger partial charge in [-0.3, -0.25) is 0 Å². The van der Waals surface area contributed by atoms with Crippen molar-refractivity contribution < 1.29 is 0 Å². The summed E-state index contributed by atoms with van der Waals surface area (Å²) in [5.41, 5.74) is 0.271. The highest BCUT2D eigenvalue weighted by atomic mass is 79.9. The van der Waals surface area contributed by atoms with Crippen LogP contribution in [0.25, 0.3) is 0 Å². The molecule has 1 aromatic heterocycles. The third-order valence-electron chi connectivity index (χ3n) is 3.00. The molecule has 0 radical (unpaired) electrons. The number of unbranched alkanes of at least 4 members (excludes halogenated alkanes) is 2. The molecule has 102 valence electrons. The zero-order valence-electron chi connectivity index (χ0n) is 11.4. The van der Waals surface area contributed by atoms with Gasteiger partial charge in [0.05, 0.1) is 5.02 Å². The molecule has 0 atom stereocenters. The smallest absolute Gasteiger partial charge is 0.144 e. The highest BCUT2D eigenvalue weighted by Crippen LogP contribution is 2.27. The van der Waals surface area contributed by atoms with Gasteiger partial charge in [0.1, 0.15) is 5.82 Å². The molecule has 1 aromatic rings. The highest BCUT2D eigenvalue weighted by molar-refractivity contribution is 9.10. The summed E-state index contributed by atoms with van der Waals surface area (Å²) in [4.78, 5) is 4.29. The van der Waals surface area contributed by atoms with Crippen LogP contribution in [-0.2, 0) is 0 Å². The molecule has 1 N–H and O–H groups in total. The van der Waals surface area contributed by atoms with Crippen molar-refractivity contribution >= 4 is 33.3 Å². The van der Waals surface area contributed by atoms with Gasteiger partial charge in [0, 0.05) is 17.2 Å². The second kappa shape index (κ2) is 7.34. The van der Waals surface area contributed by atoms with Gasteiger partial charge in [-0.2, -0.15) is 0 Å². The van der Waals surface area contributed by atoms with Crippen LogP contribution in [0.1, 0.15) is 46.5 Å². The van der Waals surface area contributed by atoms with E-state index in [1.165, 1.54) is 25.7 Å². The number of rotatable bonds is 7. The summed E-state index contributed by atoms with van der Waals surface area (Å²) in [6.45, 7) is 7.69. The summed E-state index contributed by atoms with van der Waals surface area (Å²) >= 11 is 9.48. The molecule has 1 heterocycles. The lowest BCUT2D eigenvalue weighted by molar-refractivity contribution is 0.342. The maximum Gasteiger partial charge on any atom is 0.144 e. The maximum atomic E-state index is 6.13. The van der Waals surface area contributed by atoms with Crippen LogP contribution in [0.4, 0.5) is 5.82 Å². The Labute approximate surface area is 124 Å². The Balaban J connectivity index is 2.48. The van der Waals surface area contributed by atoms with Crippen molar-refractivity contribution in [2.75, 3.05) is 11.9 Å². The second-order valence-electron chi connectivity index (χ2n) is 5.46. The number of anilines is 1. The van der Waals surface area contributed by atoms with Crippen LogP contribution in [0.5, 0.6) is 0 Å². The van der Waals surface area contributed by atoms with Crippen molar-refractivity contribution in [3.05, 3.63) is 21.8 Å². The maximum absolute atomic E-state index is 6.13. The van der Waals surface area contributed by atoms with Gasteiger partial charge >= 0.3 is 0 Å². The molecule has 0 aromatic carbocycles. The Morgan fingerprint density at radius 2 is 2.11 bits per heavy atom. The molecule has 0 amide bonds. The Morgan fingerprint density at radius 1 is 1.39 bits per heavy atom. The van der Waals surface area contributed by atoms with Crippen molar-refractivity contribution in [2.45, 2.75) is 46.5 Å². The van der Waals surface area contributed by atoms with E-state index in [0.29, 0.717) is 5.02 Å². The van der Waals surface area contributed by atoms with Gasteiger partial charge in [-0.1, -0.05) is 51.6 Å². The first kappa shape index (κ1) is 15.8. The Morgan fingerprint density at radius 3 is 2.72 bits per heavy atom. The molecule has 18 heavy (non-hydrogen) atoms. The van der Waals surface area contributed by atoms with Gasteiger partial charge in [0.15, 0.2) is 0 Å². The van der Waals surface area contributed by atoms with E-state index in [-0.39, 0.29) is 5.41 Å². The number of halogens is 2. The van der Waals surface area contributed by atoms with Gasteiger partial charge in [-0.25, -0.2) is 4.98 Å². The summed E-state index contributed by atoms with van der Waals surface area (Å²) in [6, 6.07) is 1.86.